The number of piperazine rings is 1. The van der Waals surface area contributed by atoms with Crippen LogP contribution in [0, 0.1) is 0 Å². The van der Waals surface area contributed by atoms with Crippen LogP contribution >= 0.6 is 23.5 Å². The lowest BCUT2D eigenvalue weighted by Gasteiger charge is -2.39. The van der Waals surface area contributed by atoms with Crippen LogP contribution in [-0.4, -0.2) is 59.3 Å². The molecular weight excluding hydrogens is 344 g/mol. The third kappa shape index (κ3) is 2.77. The molecule has 3 heterocycles. The van der Waals surface area contributed by atoms with Crippen LogP contribution in [0.2, 0.25) is 0 Å². The van der Waals surface area contributed by atoms with E-state index in [9.17, 15) is 9.59 Å². The van der Waals surface area contributed by atoms with Crippen LogP contribution in [0.4, 0.5) is 0 Å². The van der Waals surface area contributed by atoms with Crippen molar-refractivity contribution in [1.29, 1.82) is 0 Å². The van der Waals surface area contributed by atoms with Gasteiger partial charge in [0.15, 0.2) is 11.6 Å². The van der Waals surface area contributed by atoms with Crippen molar-refractivity contribution in [2.45, 2.75) is 29.5 Å². The first kappa shape index (κ1) is 16.4. The number of thioether (sulfide) groups is 2. The molecule has 1 aromatic heterocycles. The number of ketones is 2. The molecule has 3 fully saturated rings. The second kappa shape index (κ2) is 6.37. The highest BCUT2D eigenvalue weighted by Crippen LogP contribution is 2.52. The van der Waals surface area contributed by atoms with E-state index >= 15 is 0 Å². The zero-order valence-electron chi connectivity index (χ0n) is 13.7. The van der Waals surface area contributed by atoms with Gasteiger partial charge in [0.05, 0.1) is 26.8 Å². The third-order valence-corrected chi connectivity index (χ3v) is 8.25. The maximum absolute atomic E-state index is 12.7. The molecule has 5 nitrogen and oxygen atoms in total. The minimum Gasteiger partial charge on any atom is -0.469 e. The molecule has 0 bridgehead atoms. The lowest BCUT2D eigenvalue weighted by Crippen LogP contribution is -2.52. The van der Waals surface area contributed by atoms with Gasteiger partial charge in [0, 0.05) is 31.8 Å². The van der Waals surface area contributed by atoms with E-state index in [-0.39, 0.29) is 17.5 Å². The van der Waals surface area contributed by atoms with E-state index in [2.05, 4.69) is 23.9 Å². The summed E-state index contributed by atoms with van der Waals surface area (Å²) in [4.78, 5) is 30.0. The second-order valence-corrected chi connectivity index (χ2v) is 9.12. The maximum Gasteiger partial charge on any atom is 0.168 e. The fourth-order valence-corrected chi connectivity index (χ4v) is 6.99. The van der Waals surface area contributed by atoms with Gasteiger partial charge in [-0.25, -0.2) is 0 Å². The fourth-order valence-electron chi connectivity index (χ4n) is 3.50. The van der Waals surface area contributed by atoms with Gasteiger partial charge in [-0.3, -0.25) is 19.4 Å². The SMILES string of the molecule is CN1CCN(C)C2SC(=C3C(=O)CC(c4ccco4)CC3=O)SC21. The van der Waals surface area contributed by atoms with Crippen molar-refractivity contribution in [3.63, 3.8) is 0 Å². The summed E-state index contributed by atoms with van der Waals surface area (Å²) in [5, 5.41) is 0.610. The van der Waals surface area contributed by atoms with Gasteiger partial charge >= 0.3 is 0 Å². The summed E-state index contributed by atoms with van der Waals surface area (Å²) in [6, 6.07) is 3.65. The number of likely N-dealkylation sites (N-methyl/N-ethyl adjacent to an activating group) is 2. The Hall–Kier alpha value is -1.02. The minimum absolute atomic E-state index is 0.0356. The molecule has 1 saturated carbocycles. The van der Waals surface area contributed by atoms with Gasteiger partial charge in [-0.15, -0.1) is 0 Å². The molecule has 0 radical (unpaired) electrons. The minimum atomic E-state index is -0.117. The Bertz CT molecular complexity index is 661. The standard InChI is InChI=1S/C17H20N2O3S2/c1-18-5-6-19(2)16-15(18)23-17(24-16)14-11(20)8-10(9-12(14)21)13-4-3-7-22-13/h3-4,7,10,15-16H,5-6,8-9H2,1-2H3. The molecule has 2 unspecified atom stereocenters. The van der Waals surface area contributed by atoms with Gasteiger partial charge in [-0.05, 0) is 26.2 Å². The molecule has 3 aliphatic rings. The smallest absolute Gasteiger partial charge is 0.168 e. The molecule has 2 atom stereocenters. The van der Waals surface area contributed by atoms with Crippen molar-refractivity contribution >= 4 is 35.1 Å². The van der Waals surface area contributed by atoms with Crippen LogP contribution in [0.1, 0.15) is 24.5 Å². The van der Waals surface area contributed by atoms with Crippen molar-refractivity contribution in [3.05, 3.63) is 34.0 Å². The summed E-state index contributed by atoms with van der Waals surface area (Å²) >= 11 is 3.36. The highest BCUT2D eigenvalue weighted by molar-refractivity contribution is 8.26. The number of carbonyl (C=O) groups excluding carboxylic acids is 2. The zero-order chi connectivity index (χ0) is 16.8. The average Bonchev–Trinajstić information content (AvgIpc) is 3.20. The molecule has 4 rings (SSSR count). The lowest BCUT2D eigenvalue weighted by atomic mass is 9.83. The van der Waals surface area contributed by atoms with Gasteiger partial charge in [-0.2, -0.15) is 0 Å². The number of furan rings is 1. The highest BCUT2D eigenvalue weighted by atomic mass is 32.2. The average molecular weight is 364 g/mol. The van der Waals surface area contributed by atoms with Gasteiger partial charge in [0.25, 0.3) is 0 Å². The quantitative estimate of drug-likeness (QED) is 0.560. The topological polar surface area (TPSA) is 53.8 Å². The summed E-state index contributed by atoms with van der Waals surface area (Å²) in [7, 11) is 4.23. The van der Waals surface area contributed by atoms with Crippen LogP contribution in [0.15, 0.2) is 32.6 Å². The van der Waals surface area contributed by atoms with Gasteiger partial charge < -0.3 is 4.42 Å². The van der Waals surface area contributed by atoms with Crippen molar-refractivity contribution in [2.75, 3.05) is 27.2 Å². The molecule has 0 spiro atoms. The summed E-state index contributed by atoms with van der Waals surface area (Å²) in [6.45, 7) is 2.02. The molecule has 24 heavy (non-hydrogen) atoms. The Kier molecular flexibility index (Phi) is 4.36. The number of hydrogen-bond acceptors (Lipinski definition) is 7. The maximum atomic E-state index is 12.7. The molecule has 1 aliphatic carbocycles. The predicted molar refractivity (Wildman–Crippen MR) is 95.7 cm³/mol. The van der Waals surface area contributed by atoms with Crippen LogP contribution in [0.5, 0.6) is 0 Å². The van der Waals surface area contributed by atoms with E-state index in [4.69, 9.17) is 4.42 Å². The number of nitrogens with zero attached hydrogens (tertiary/aromatic N) is 2. The first-order valence-electron chi connectivity index (χ1n) is 8.12. The lowest BCUT2D eigenvalue weighted by molar-refractivity contribution is -0.124. The van der Waals surface area contributed by atoms with E-state index in [0.717, 1.165) is 23.1 Å². The first-order valence-corrected chi connectivity index (χ1v) is 9.88. The number of rotatable bonds is 1. The summed E-state index contributed by atoms with van der Waals surface area (Å²) in [5.74, 6) is 0.548. The Labute approximate surface area is 149 Å². The molecular formula is C17H20N2O3S2. The zero-order valence-corrected chi connectivity index (χ0v) is 15.4. The van der Waals surface area contributed by atoms with Crippen molar-refractivity contribution in [3.8, 4) is 0 Å². The van der Waals surface area contributed by atoms with E-state index in [1.807, 2.05) is 6.07 Å². The number of hydrogen-bond donors (Lipinski definition) is 0. The number of fused-ring (bicyclic) bond motifs is 1. The Morgan fingerprint density at radius 3 is 2.12 bits per heavy atom. The Morgan fingerprint density at radius 2 is 1.62 bits per heavy atom. The number of carbonyl (C=O) groups is 2. The van der Waals surface area contributed by atoms with Crippen molar-refractivity contribution in [2.24, 2.45) is 0 Å². The van der Waals surface area contributed by atoms with Crippen LogP contribution in [-0.2, 0) is 9.59 Å². The monoisotopic (exact) mass is 364 g/mol. The van der Waals surface area contributed by atoms with Gasteiger partial charge in [0.1, 0.15) is 5.76 Å². The van der Waals surface area contributed by atoms with Crippen LogP contribution in [0.3, 0.4) is 0 Å². The van der Waals surface area contributed by atoms with Crippen LogP contribution < -0.4 is 0 Å². The molecule has 128 valence electrons. The first-order chi connectivity index (χ1) is 11.5. The normalized spacial score (nSPS) is 32.5. The molecule has 7 heteroatoms. The molecule has 0 aromatic carbocycles. The van der Waals surface area contributed by atoms with Gasteiger partial charge in [0.2, 0.25) is 0 Å². The van der Waals surface area contributed by atoms with E-state index in [0.29, 0.717) is 29.2 Å². The van der Waals surface area contributed by atoms with Gasteiger partial charge in [-0.1, -0.05) is 23.5 Å². The molecule has 0 N–H and O–H groups in total. The van der Waals surface area contributed by atoms with Crippen molar-refractivity contribution in [1.82, 2.24) is 9.80 Å². The summed E-state index contributed by atoms with van der Waals surface area (Å²) in [6.07, 6.45) is 2.32. The number of Topliss-reactive ketones (excluding diaryl/α,β-unsaturated/α-hetero) is 2. The highest BCUT2D eigenvalue weighted by Gasteiger charge is 2.44. The Balaban J connectivity index is 1.59. The summed E-state index contributed by atoms with van der Waals surface area (Å²) < 4.78 is 6.31. The van der Waals surface area contributed by atoms with E-state index < -0.39 is 0 Å². The van der Waals surface area contributed by atoms with E-state index in [1.165, 1.54) is 0 Å². The number of allylic oxidation sites excluding steroid dienone is 1. The summed E-state index contributed by atoms with van der Waals surface area (Å²) in [5.41, 5.74) is 0.434. The molecule has 0 amide bonds. The third-order valence-electron chi connectivity index (χ3n) is 4.94. The van der Waals surface area contributed by atoms with Crippen LogP contribution in [0.25, 0.3) is 0 Å². The molecule has 1 aromatic rings. The molecule has 2 saturated heterocycles. The second-order valence-electron chi connectivity index (χ2n) is 6.61. The van der Waals surface area contributed by atoms with Crippen molar-refractivity contribution < 1.29 is 14.0 Å². The Morgan fingerprint density at radius 1 is 1.04 bits per heavy atom. The van der Waals surface area contributed by atoms with E-state index in [1.54, 1.807) is 35.9 Å². The predicted octanol–water partition coefficient (Wildman–Crippen LogP) is 2.52. The largest absolute Gasteiger partial charge is 0.469 e. The fraction of sp³-hybridized carbons (Fsp3) is 0.529. The molecule has 2 aliphatic heterocycles.